The summed E-state index contributed by atoms with van der Waals surface area (Å²) in [7, 11) is 1.59. The molecule has 0 aliphatic rings. The molecule has 120 valence electrons. The molecule has 0 unspecified atom stereocenters. The van der Waals surface area contributed by atoms with Gasteiger partial charge in [-0.15, -0.1) is 0 Å². The van der Waals surface area contributed by atoms with E-state index < -0.39 is 6.09 Å². The Bertz CT molecular complexity index is 814. The first-order valence-corrected chi connectivity index (χ1v) is 7.53. The third-order valence-electron chi connectivity index (χ3n) is 3.51. The van der Waals surface area contributed by atoms with Crippen LogP contribution in [0.25, 0.3) is 11.1 Å². The number of para-hydroxylation sites is 1. The largest absolute Gasteiger partial charge is 0.497 e. The first-order chi connectivity index (χ1) is 11.8. The Morgan fingerprint density at radius 1 is 0.833 bits per heavy atom. The minimum atomic E-state index is -0.538. The Morgan fingerprint density at radius 3 is 2.21 bits per heavy atom. The Morgan fingerprint density at radius 2 is 1.50 bits per heavy atom. The van der Waals surface area contributed by atoms with Crippen LogP contribution >= 0.6 is 0 Å². The van der Waals surface area contributed by atoms with Crippen molar-refractivity contribution in [2.45, 2.75) is 0 Å². The molecule has 3 rings (SSSR count). The summed E-state index contributed by atoms with van der Waals surface area (Å²) in [6, 6.07) is 24.3. The van der Waals surface area contributed by atoms with Gasteiger partial charge in [0.2, 0.25) is 0 Å². The summed E-state index contributed by atoms with van der Waals surface area (Å²) in [6.45, 7) is 0. The summed E-state index contributed by atoms with van der Waals surface area (Å²) in [5, 5.41) is 2.70. The number of hydrogen-bond acceptors (Lipinski definition) is 3. The predicted octanol–water partition coefficient (Wildman–Crippen LogP) is 4.97. The summed E-state index contributed by atoms with van der Waals surface area (Å²) in [5.41, 5.74) is 2.49. The van der Waals surface area contributed by atoms with E-state index >= 15 is 0 Å². The highest BCUT2D eigenvalue weighted by Gasteiger charge is 2.10. The fourth-order valence-corrected chi connectivity index (χ4v) is 2.33. The van der Waals surface area contributed by atoms with Gasteiger partial charge in [-0.25, -0.2) is 4.79 Å². The SMILES string of the molecule is COc1ccc(NC(=O)Oc2ccccc2-c2ccccc2)cc1. The summed E-state index contributed by atoms with van der Waals surface area (Å²) in [6.07, 6.45) is -0.538. The summed E-state index contributed by atoms with van der Waals surface area (Å²) < 4.78 is 10.6. The van der Waals surface area contributed by atoms with E-state index in [0.29, 0.717) is 11.4 Å². The first kappa shape index (κ1) is 15.6. The average molecular weight is 319 g/mol. The molecular formula is C20H17NO3. The van der Waals surface area contributed by atoms with Crippen LogP contribution in [-0.2, 0) is 0 Å². The Balaban J connectivity index is 1.75. The molecule has 0 bridgehead atoms. The van der Waals surface area contributed by atoms with Crippen LogP contribution < -0.4 is 14.8 Å². The van der Waals surface area contributed by atoms with E-state index in [1.165, 1.54) is 0 Å². The molecule has 0 aliphatic carbocycles. The Hall–Kier alpha value is -3.27. The second-order valence-electron chi connectivity index (χ2n) is 5.11. The molecule has 4 heteroatoms. The molecule has 24 heavy (non-hydrogen) atoms. The predicted molar refractivity (Wildman–Crippen MR) is 94.5 cm³/mol. The van der Waals surface area contributed by atoms with Crippen LogP contribution in [0.3, 0.4) is 0 Å². The molecule has 0 fully saturated rings. The van der Waals surface area contributed by atoms with Gasteiger partial charge in [-0.1, -0.05) is 48.5 Å². The van der Waals surface area contributed by atoms with Gasteiger partial charge in [-0.05, 0) is 35.9 Å². The number of carbonyl (C=O) groups is 1. The van der Waals surface area contributed by atoms with Gasteiger partial charge in [-0.2, -0.15) is 0 Å². The number of amides is 1. The highest BCUT2D eigenvalue weighted by molar-refractivity contribution is 5.87. The molecule has 1 N–H and O–H groups in total. The van der Waals surface area contributed by atoms with Gasteiger partial charge in [0, 0.05) is 11.3 Å². The highest BCUT2D eigenvalue weighted by atomic mass is 16.6. The van der Waals surface area contributed by atoms with Crippen molar-refractivity contribution in [2.24, 2.45) is 0 Å². The van der Waals surface area contributed by atoms with Gasteiger partial charge in [0.1, 0.15) is 11.5 Å². The molecule has 0 saturated carbocycles. The van der Waals surface area contributed by atoms with Crippen molar-refractivity contribution in [1.29, 1.82) is 0 Å². The minimum Gasteiger partial charge on any atom is -0.497 e. The van der Waals surface area contributed by atoms with Crippen molar-refractivity contribution in [2.75, 3.05) is 12.4 Å². The Kier molecular flexibility index (Phi) is 4.77. The van der Waals surface area contributed by atoms with Crippen LogP contribution in [0.15, 0.2) is 78.9 Å². The first-order valence-electron chi connectivity index (χ1n) is 7.53. The zero-order valence-electron chi connectivity index (χ0n) is 13.2. The number of benzene rings is 3. The van der Waals surface area contributed by atoms with Crippen LogP contribution in [-0.4, -0.2) is 13.2 Å². The van der Waals surface area contributed by atoms with E-state index in [1.54, 1.807) is 37.4 Å². The van der Waals surface area contributed by atoms with Crippen LogP contribution in [0.5, 0.6) is 11.5 Å². The van der Waals surface area contributed by atoms with E-state index in [1.807, 2.05) is 48.5 Å². The van der Waals surface area contributed by atoms with Gasteiger partial charge in [0.25, 0.3) is 0 Å². The van der Waals surface area contributed by atoms with Crippen LogP contribution in [0.2, 0.25) is 0 Å². The highest BCUT2D eigenvalue weighted by Crippen LogP contribution is 2.29. The number of methoxy groups -OCH3 is 1. The lowest BCUT2D eigenvalue weighted by molar-refractivity contribution is 0.215. The fraction of sp³-hybridized carbons (Fsp3) is 0.0500. The lowest BCUT2D eigenvalue weighted by Crippen LogP contribution is -2.17. The average Bonchev–Trinajstić information content (AvgIpc) is 2.63. The van der Waals surface area contributed by atoms with Gasteiger partial charge < -0.3 is 9.47 Å². The monoisotopic (exact) mass is 319 g/mol. The maximum atomic E-state index is 12.2. The zero-order valence-corrected chi connectivity index (χ0v) is 13.2. The molecule has 1 amide bonds. The number of ether oxygens (including phenoxy) is 2. The van der Waals surface area contributed by atoms with Gasteiger partial charge >= 0.3 is 6.09 Å². The lowest BCUT2D eigenvalue weighted by Gasteiger charge is -2.11. The second-order valence-corrected chi connectivity index (χ2v) is 5.11. The van der Waals surface area contributed by atoms with Gasteiger partial charge in [0.15, 0.2) is 0 Å². The maximum Gasteiger partial charge on any atom is 0.417 e. The molecule has 0 aliphatic heterocycles. The molecule has 0 saturated heterocycles. The Labute approximate surface area is 140 Å². The van der Waals surface area contributed by atoms with Crippen molar-refractivity contribution in [3.05, 3.63) is 78.9 Å². The van der Waals surface area contributed by atoms with Crippen LogP contribution in [0.1, 0.15) is 0 Å². The third-order valence-corrected chi connectivity index (χ3v) is 3.51. The molecule has 4 nitrogen and oxygen atoms in total. The summed E-state index contributed by atoms with van der Waals surface area (Å²) in [4.78, 5) is 12.2. The zero-order chi connectivity index (χ0) is 16.8. The molecule has 0 atom stereocenters. The van der Waals surface area contributed by atoms with Crippen LogP contribution in [0, 0.1) is 0 Å². The van der Waals surface area contributed by atoms with E-state index in [-0.39, 0.29) is 0 Å². The second kappa shape index (κ2) is 7.33. The smallest absolute Gasteiger partial charge is 0.417 e. The standard InChI is InChI=1S/C20H17NO3/c1-23-17-13-11-16(12-14-17)21-20(22)24-19-10-6-5-9-18(19)15-7-3-2-4-8-15/h2-14H,1H3,(H,21,22). The maximum absolute atomic E-state index is 12.2. The number of hydrogen-bond donors (Lipinski definition) is 1. The number of nitrogens with one attached hydrogen (secondary N) is 1. The molecule has 3 aromatic rings. The quantitative estimate of drug-likeness (QED) is 0.738. The summed E-state index contributed by atoms with van der Waals surface area (Å²) in [5.74, 6) is 1.23. The third kappa shape index (κ3) is 3.73. The molecule has 0 radical (unpaired) electrons. The van der Waals surface area contributed by atoms with Crippen molar-refractivity contribution < 1.29 is 14.3 Å². The normalized spacial score (nSPS) is 10.0. The summed E-state index contributed by atoms with van der Waals surface area (Å²) >= 11 is 0. The molecular weight excluding hydrogens is 302 g/mol. The van der Waals surface area contributed by atoms with Crippen molar-refractivity contribution in [3.63, 3.8) is 0 Å². The fourth-order valence-electron chi connectivity index (χ4n) is 2.33. The van der Waals surface area contributed by atoms with E-state index in [2.05, 4.69) is 5.32 Å². The molecule has 3 aromatic carbocycles. The lowest BCUT2D eigenvalue weighted by atomic mass is 10.1. The number of rotatable bonds is 4. The van der Waals surface area contributed by atoms with E-state index in [9.17, 15) is 4.79 Å². The number of anilines is 1. The molecule has 0 heterocycles. The van der Waals surface area contributed by atoms with Crippen molar-refractivity contribution in [1.82, 2.24) is 0 Å². The topological polar surface area (TPSA) is 47.6 Å². The molecule has 0 aromatic heterocycles. The minimum absolute atomic E-state index is 0.509. The van der Waals surface area contributed by atoms with Gasteiger partial charge in [0.05, 0.1) is 7.11 Å². The van der Waals surface area contributed by atoms with Crippen molar-refractivity contribution >= 4 is 11.8 Å². The van der Waals surface area contributed by atoms with E-state index in [0.717, 1.165) is 16.9 Å². The van der Waals surface area contributed by atoms with Crippen LogP contribution in [0.4, 0.5) is 10.5 Å². The molecule has 0 spiro atoms. The number of carbonyl (C=O) groups excluding carboxylic acids is 1. The van der Waals surface area contributed by atoms with Gasteiger partial charge in [-0.3, -0.25) is 5.32 Å². The van der Waals surface area contributed by atoms with Crippen molar-refractivity contribution in [3.8, 4) is 22.6 Å². The van der Waals surface area contributed by atoms with E-state index in [4.69, 9.17) is 9.47 Å².